The van der Waals surface area contributed by atoms with Crippen LogP contribution in [-0.2, 0) is 6.42 Å². The van der Waals surface area contributed by atoms with Gasteiger partial charge < -0.3 is 0 Å². The van der Waals surface area contributed by atoms with Crippen molar-refractivity contribution in [3.05, 3.63) is 59.7 Å². The van der Waals surface area contributed by atoms with Crippen LogP contribution in [0.15, 0.2) is 48.5 Å². The number of halogens is 1. The molecule has 0 aliphatic rings. The third-order valence-corrected chi connectivity index (χ3v) is 4.42. The van der Waals surface area contributed by atoms with Crippen LogP contribution >= 0.6 is 0 Å². The van der Waals surface area contributed by atoms with E-state index in [1.165, 1.54) is 42.4 Å². The Hall–Kier alpha value is -2.07. The van der Waals surface area contributed by atoms with Crippen molar-refractivity contribution in [2.24, 2.45) is 5.92 Å². The Morgan fingerprint density at radius 1 is 0.917 bits per heavy atom. The van der Waals surface area contributed by atoms with E-state index >= 15 is 0 Å². The van der Waals surface area contributed by atoms with Gasteiger partial charge in [-0.25, -0.2) is 4.39 Å². The molecule has 0 fully saturated rings. The number of rotatable bonds is 7. The van der Waals surface area contributed by atoms with Gasteiger partial charge in [0.25, 0.3) is 0 Å². The molecule has 0 aromatic heterocycles. The first-order valence-electron chi connectivity index (χ1n) is 8.97. The van der Waals surface area contributed by atoms with Crippen molar-refractivity contribution in [1.82, 2.24) is 0 Å². The van der Waals surface area contributed by atoms with Gasteiger partial charge >= 0.3 is 0 Å². The van der Waals surface area contributed by atoms with Crippen LogP contribution in [0.3, 0.4) is 0 Å². The molecular weight excluding hydrogens is 295 g/mol. The molecule has 0 amide bonds. The second kappa shape index (κ2) is 9.93. The third kappa shape index (κ3) is 5.85. The molecule has 126 valence electrons. The summed E-state index contributed by atoms with van der Waals surface area (Å²) in [5, 5.41) is 0. The monoisotopic (exact) mass is 322 g/mol. The molecule has 2 aromatic rings. The summed E-state index contributed by atoms with van der Waals surface area (Å²) in [4.78, 5) is 0. The number of hydrogen-bond acceptors (Lipinski definition) is 0. The highest BCUT2D eigenvalue weighted by atomic mass is 19.1. The lowest BCUT2D eigenvalue weighted by Crippen LogP contribution is -1.95. The largest absolute Gasteiger partial charge is 0.237 e. The Kier molecular flexibility index (Phi) is 7.56. The van der Waals surface area contributed by atoms with Crippen LogP contribution in [0.2, 0.25) is 0 Å². The second-order valence-electron chi connectivity index (χ2n) is 6.50. The average Bonchev–Trinajstić information content (AvgIpc) is 2.61. The van der Waals surface area contributed by atoms with E-state index in [9.17, 15) is 4.39 Å². The second-order valence-corrected chi connectivity index (χ2v) is 6.50. The van der Waals surface area contributed by atoms with Crippen molar-refractivity contribution in [2.75, 3.05) is 6.67 Å². The Bertz CT molecular complexity index is 656. The zero-order chi connectivity index (χ0) is 17.2. The lowest BCUT2D eigenvalue weighted by molar-refractivity contribution is 0.469. The van der Waals surface area contributed by atoms with E-state index in [1.807, 2.05) is 24.3 Å². The van der Waals surface area contributed by atoms with Gasteiger partial charge in [0.2, 0.25) is 0 Å². The van der Waals surface area contributed by atoms with Crippen molar-refractivity contribution in [3.63, 3.8) is 0 Å². The summed E-state index contributed by atoms with van der Waals surface area (Å²) in [7, 11) is 0. The minimum atomic E-state index is -0.597. The quantitative estimate of drug-likeness (QED) is 0.515. The van der Waals surface area contributed by atoms with Gasteiger partial charge in [0.1, 0.15) is 0 Å². The maximum atomic E-state index is 12.1. The van der Waals surface area contributed by atoms with Gasteiger partial charge in [-0.15, -0.1) is 0 Å². The van der Waals surface area contributed by atoms with Gasteiger partial charge in [0.15, 0.2) is 6.67 Å². The molecule has 0 aliphatic heterocycles. The molecule has 2 aromatic carbocycles. The predicted octanol–water partition coefficient (Wildman–Crippen LogP) is 6.43. The van der Waals surface area contributed by atoms with Crippen LogP contribution in [-0.4, -0.2) is 6.67 Å². The zero-order valence-electron chi connectivity index (χ0n) is 14.8. The van der Waals surface area contributed by atoms with E-state index in [0.29, 0.717) is 0 Å². The third-order valence-electron chi connectivity index (χ3n) is 4.42. The molecule has 1 unspecified atom stereocenters. The fourth-order valence-electron chi connectivity index (χ4n) is 3.04. The highest BCUT2D eigenvalue weighted by Crippen LogP contribution is 2.21. The lowest BCUT2D eigenvalue weighted by atomic mass is 9.96. The van der Waals surface area contributed by atoms with Crippen molar-refractivity contribution in [1.29, 1.82) is 0 Å². The van der Waals surface area contributed by atoms with Gasteiger partial charge in [-0.05, 0) is 47.6 Å². The van der Waals surface area contributed by atoms with Crippen LogP contribution in [0, 0.1) is 17.8 Å². The first kappa shape index (κ1) is 18.3. The Morgan fingerprint density at radius 3 is 2.12 bits per heavy atom. The summed E-state index contributed by atoms with van der Waals surface area (Å²) in [5.74, 6) is 6.09. The van der Waals surface area contributed by atoms with E-state index < -0.39 is 6.67 Å². The molecule has 0 radical (unpaired) electrons. The Balaban J connectivity index is 1.91. The molecule has 0 saturated heterocycles. The molecule has 1 atom stereocenters. The smallest absolute Gasteiger partial charge is 0.150 e. The SMILES string of the molecule is CCCC(C)CCCc1ccc(-c2ccc(C#CCF)cc2)cc1. The van der Waals surface area contributed by atoms with Crippen molar-refractivity contribution >= 4 is 0 Å². The van der Waals surface area contributed by atoms with Gasteiger partial charge in [-0.1, -0.05) is 81.3 Å². The molecule has 0 heterocycles. The summed E-state index contributed by atoms with van der Waals surface area (Å²) >= 11 is 0. The maximum Gasteiger partial charge on any atom is 0.150 e. The standard InChI is InChI=1S/C23H27F/c1-3-6-19(2)7-4-8-20-10-14-22(15-11-20)23-16-12-21(13-17-23)9-5-18-24/h10-17,19H,3-4,6-8,18H2,1-2H3. The van der Waals surface area contributed by atoms with Crippen LogP contribution < -0.4 is 0 Å². The number of aryl methyl sites for hydroxylation is 1. The first-order chi connectivity index (χ1) is 11.7. The predicted molar refractivity (Wildman–Crippen MR) is 102 cm³/mol. The van der Waals surface area contributed by atoms with Gasteiger partial charge in [0, 0.05) is 5.56 Å². The first-order valence-corrected chi connectivity index (χ1v) is 8.97. The molecule has 1 heteroatoms. The summed E-state index contributed by atoms with van der Waals surface area (Å²) in [6.45, 7) is 4.02. The van der Waals surface area contributed by atoms with Crippen LogP contribution in [0.25, 0.3) is 11.1 Å². The van der Waals surface area contributed by atoms with E-state index in [1.54, 1.807) is 0 Å². The molecule has 2 rings (SSSR count). The fraction of sp³-hybridized carbons (Fsp3) is 0.391. The number of benzene rings is 2. The van der Waals surface area contributed by atoms with Crippen LogP contribution in [0.4, 0.5) is 4.39 Å². The van der Waals surface area contributed by atoms with E-state index in [4.69, 9.17) is 0 Å². The highest BCUT2D eigenvalue weighted by Gasteiger charge is 2.02. The van der Waals surface area contributed by atoms with Gasteiger partial charge in [-0.2, -0.15) is 0 Å². The molecule has 24 heavy (non-hydrogen) atoms. The normalized spacial score (nSPS) is 11.6. The molecule has 0 nitrogen and oxygen atoms in total. The molecular formula is C23H27F. The average molecular weight is 322 g/mol. The molecule has 0 aliphatic carbocycles. The summed E-state index contributed by atoms with van der Waals surface area (Å²) < 4.78 is 12.1. The van der Waals surface area contributed by atoms with Gasteiger partial charge in [-0.3, -0.25) is 0 Å². The maximum absolute atomic E-state index is 12.1. The number of alkyl halides is 1. The minimum Gasteiger partial charge on any atom is -0.237 e. The highest BCUT2D eigenvalue weighted by molar-refractivity contribution is 5.64. The van der Waals surface area contributed by atoms with E-state index in [2.05, 4.69) is 50.0 Å². The summed E-state index contributed by atoms with van der Waals surface area (Å²) in [5.41, 5.74) is 4.65. The van der Waals surface area contributed by atoms with Crippen molar-refractivity contribution < 1.29 is 4.39 Å². The van der Waals surface area contributed by atoms with Crippen molar-refractivity contribution in [2.45, 2.75) is 46.0 Å². The van der Waals surface area contributed by atoms with E-state index in [0.717, 1.165) is 17.9 Å². The lowest BCUT2D eigenvalue weighted by Gasteiger charge is -2.10. The van der Waals surface area contributed by atoms with Crippen LogP contribution in [0.5, 0.6) is 0 Å². The summed E-state index contributed by atoms with van der Waals surface area (Å²) in [6, 6.07) is 16.8. The van der Waals surface area contributed by atoms with Gasteiger partial charge in [0.05, 0.1) is 0 Å². The Labute approximate surface area is 146 Å². The molecule has 0 N–H and O–H groups in total. The topological polar surface area (TPSA) is 0 Å². The number of hydrogen-bond donors (Lipinski definition) is 0. The molecule has 0 spiro atoms. The summed E-state index contributed by atoms with van der Waals surface area (Å²) in [6.07, 6.45) is 6.37. The molecule has 0 saturated carbocycles. The molecule has 0 bridgehead atoms. The van der Waals surface area contributed by atoms with E-state index in [-0.39, 0.29) is 0 Å². The van der Waals surface area contributed by atoms with Crippen LogP contribution in [0.1, 0.15) is 50.7 Å². The Morgan fingerprint density at radius 2 is 1.54 bits per heavy atom. The minimum absolute atomic E-state index is 0.597. The zero-order valence-corrected chi connectivity index (χ0v) is 14.8. The van der Waals surface area contributed by atoms with Crippen molar-refractivity contribution in [3.8, 4) is 23.0 Å². The fourth-order valence-corrected chi connectivity index (χ4v) is 3.04.